The third-order valence-corrected chi connectivity index (χ3v) is 6.46. The van der Waals surface area contributed by atoms with Crippen molar-refractivity contribution in [3.63, 3.8) is 0 Å². The van der Waals surface area contributed by atoms with Gasteiger partial charge < -0.3 is 5.11 Å². The van der Waals surface area contributed by atoms with E-state index in [0.29, 0.717) is 6.42 Å². The number of benzene rings is 2. The molecule has 0 amide bonds. The summed E-state index contributed by atoms with van der Waals surface area (Å²) >= 11 is 12.9. The van der Waals surface area contributed by atoms with Crippen LogP contribution >= 0.6 is 23.2 Å². The Morgan fingerprint density at radius 3 is 2.07 bits per heavy atom. The molecule has 2 rings (SSSR count). The average Bonchev–Trinajstić information content (AvgIpc) is 2.61. The molecule has 0 aliphatic rings. The number of halogens is 2. The van der Waals surface area contributed by atoms with Gasteiger partial charge in [0.1, 0.15) is 0 Å². The molecule has 3 heteroatoms. The van der Waals surface area contributed by atoms with Gasteiger partial charge in [0.25, 0.3) is 0 Å². The molecule has 2 aromatic carbocycles. The molecule has 27 heavy (non-hydrogen) atoms. The van der Waals surface area contributed by atoms with Gasteiger partial charge in [-0.1, -0.05) is 82.1 Å². The van der Waals surface area contributed by atoms with Gasteiger partial charge in [0, 0.05) is 15.5 Å². The van der Waals surface area contributed by atoms with E-state index in [4.69, 9.17) is 23.2 Å². The first-order valence-corrected chi connectivity index (χ1v) is 10.6. The Kier molecular flexibility index (Phi) is 7.41. The van der Waals surface area contributed by atoms with Crippen LogP contribution in [0.25, 0.3) is 0 Å². The first-order valence-electron chi connectivity index (χ1n) is 9.87. The van der Waals surface area contributed by atoms with Gasteiger partial charge in [-0.25, -0.2) is 0 Å². The average molecular weight is 407 g/mol. The molecule has 0 saturated heterocycles. The number of aryl methyl sites for hydroxylation is 1. The van der Waals surface area contributed by atoms with E-state index in [9.17, 15) is 5.11 Å². The van der Waals surface area contributed by atoms with E-state index in [-0.39, 0.29) is 16.9 Å². The highest BCUT2D eigenvalue weighted by molar-refractivity contribution is 6.31. The second-order valence-corrected chi connectivity index (χ2v) is 9.37. The van der Waals surface area contributed by atoms with E-state index < -0.39 is 0 Å². The van der Waals surface area contributed by atoms with Crippen molar-refractivity contribution in [2.75, 3.05) is 0 Å². The zero-order chi connectivity index (χ0) is 20.2. The van der Waals surface area contributed by atoms with Crippen LogP contribution in [0.3, 0.4) is 0 Å². The van der Waals surface area contributed by atoms with Crippen LogP contribution in [0.1, 0.15) is 70.6 Å². The van der Waals surface area contributed by atoms with Gasteiger partial charge in [-0.2, -0.15) is 0 Å². The van der Waals surface area contributed by atoms with E-state index in [2.05, 4.69) is 65.0 Å². The number of hydrogen-bond acceptors (Lipinski definition) is 1. The Labute approximate surface area is 174 Å². The Balaban J connectivity index is 2.33. The van der Waals surface area contributed by atoms with Gasteiger partial charge in [-0.3, -0.25) is 0 Å². The first-order chi connectivity index (χ1) is 12.6. The standard InChI is InChI=1S/C24H32Cl2O/c1-6-24(7-2,18-9-8-10-20(25)15-18)19-13-11-17(21(26)16-19)12-14-22(27)23(3,4)5/h8-11,13,15-16,22,27H,6-7,12,14H2,1-5H3. The normalized spacial score (nSPS) is 13.6. The van der Waals surface area contributed by atoms with E-state index in [1.807, 2.05) is 12.1 Å². The van der Waals surface area contributed by atoms with Crippen LogP contribution in [0.2, 0.25) is 10.0 Å². The van der Waals surface area contributed by atoms with Crippen molar-refractivity contribution in [2.24, 2.45) is 5.41 Å². The molecule has 0 radical (unpaired) electrons. The molecular formula is C24H32Cl2O. The molecule has 0 spiro atoms. The molecule has 2 aromatic rings. The zero-order valence-electron chi connectivity index (χ0n) is 17.2. The summed E-state index contributed by atoms with van der Waals surface area (Å²) in [4.78, 5) is 0. The van der Waals surface area contributed by atoms with Crippen LogP contribution in [-0.4, -0.2) is 11.2 Å². The fourth-order valence-corrected chi connectivity index (χ4v) is 4.26. The highest BCUT2D eigenvalue weighted by Crippen LogP contribution is 2.41. The van der Waals surface area contributed by atoms with Crippen LogP contribution in [0.15, 0.2) is 42.5 Å². The molecule has 1 atom stereocenters. The topological polar surface area (TPSA) is 20.2 Å². The fourth-order valence-electron chi connectivity index (χ4n) is 3.79. The Morgan fingerprint density at radius 2 is 1.56 bits per heavy atom. The molecule has 0 heterocycles. The van der Waals surface area contributed by atoms with Gasteiger partial charge >= 0.3 is 0 Å². The second-order valence-electron chi connectivity index (χ2n) is 8.53. The molecular weight excluding hydrogens is 375 g/mol. The third-order valence-electron chi connectivity index (χ3n) is 5.88. The van der Waals surface area contributed by atoms with Crippen LogP contribution in [0, 0.1) is 5.41 Å². The molecule has 0 fully saturated rings. The predicted octanol–water partition coefficient (Wildman–Crippen LogP) is 7.44. The van der Waals surface area contributed by atoms with E-state index in [1.165, 1.54) is 11.1 Å². The zero-order valence-corrected chi connectivity index (χ0v) is 18.7. The lowest BCUT2D eigenvalue weighted by Gasteiger charge is -2.34. The molecule has 0 aliphatic heterocycles. The van der Waals surface area contributed by atoms with Gasteiger partial charge in [0.2, 0.25) is 0 Å². The van der Waals surface area contributed by atoms with Gasteiger partial charge in [0.05, 0.1) is 6.10 Å². The van der Waals surface area contributed by atoms with Crippen LogP contribution in [-0.2, 0) is 11.8 Å². The second kappa shape index (κ2) is 8.99. The summed E-state index contributed by atoms with van der Waals surface area (Å²) in [5.41, 5.74) is 3.33. The smallest absolute Gasteiger partial charge is 0.0591 e. The van der Waals surface area contributed by atoms with Crippen molar-refractivity contribution in [1.82, 2.24) is 0 Å². The lowest BCUT2D eigenvalue weighted by Crippen LogP contribution is -2.27. The van der Waals surface area contributed by atoms with Crippen LogP contribution < -0.4 is 0 Å². The van der Waals surface area contributed by atoms with Crippen LogP contribution in [0.5, 0.6) is 0 Å². The maximum atomic E-state index is 10.3. The van der Waals surface area contributed by atoms with Gasteiger partial charge in [-0.05, 0) is 66.0 Å². The SMILES string of the molecule is CCC(CC)(c1cccc(Cl)c1)c1ccc(CCC(O)C(C)(C)C)c(Cl)c1. The summed E-state index contributed by atoms with van der Waals surface area (Å²) in [5.74, 6) is 0. The lowest BCUT2D eigenvalue weighted by atomic mass is 9.70. The molecule has 0 aromatic heterocycles. The minimum absolute atomic E-state index is 0.0992. The minimum Gasteiger partial charge on any atom is -0.393 e. The summed E-state index contributed by atoms with van der Waals surface area (Å²) in [7, 11) is 0. The summed E-state index contributed by atoms with van der Waals surface area (Å²) in [6.45, 7) is 10.6. The monoisotopic (exact) mass is 406 g/mol. The molecule has 1 nitrogen and oxygen atoms in total. The maximum Gasteiger partial charge on any atom is 0.0591 e. The van der Waals surface area contributed by atoms with E-state index in [0.717, 1.165) is 34.9 Å². The first kappa shape index (κ1) is 22.3. The quantitative estimate of drug-likeness (QED) is 0.506. The molecule has 0 bridgehead atoms. The van der Waals surface area contributed by atoms with Crippen molar-refractivity contribution < 1.29 is 5.11 Å². The summed E-state index contributed by atoms with van der Waals surface area (Å²) in [5, 5.41) is 11.9. The molecule has 148 valence electrons. The summed E-state index contributed by atoms with van der Waals surface area (Å²) in [6, 6.07) is 14.6. The number of aliphatic hydroxyl groups is 1. The Bertz CT molecular complexity index is 757. The summed E-state index contributed by atoms with van der Waals surface area (Å²) in [6.07, 6.45) is 3.10. The fraction of sp³-hybridized carbons (Fsp3) is 0.500. The van der Waals surface area contributed by atoms with Crippen molar-refractivity contribution in [3.8, 4) is 0 Å². The van der Waals surface area contributed by atoms with Crippen molar-refractivity contribution in [1.29, 1.82) is 0 Å². The van der Waals surface area contributed by atoms with E-state index >= 15 is 0 Å². The number of rotatable bonds is 7. The number of aliphatic hydroxyl groups excluding tert-OH is 1. The predicted molar refractivity (Wildman–Crippen MR) is 118 cm³/mol. The Morgan fingerprint density at radius 1 is 0.926 bits per heavy atom. The molecule has 0 aliphatic carbocycles. The van der Waals surface area contributed by atoms with Crippen LogP contribution in [0.4, 0.5) is 0 Å². The van der Waals surface area contributed by atoms with Crippen molar-refractivity contribution in [3.05, 3.63) is 69.2 Å². The van der Waals surface area contributed by atoms with Crippen molar-refractivity contribution >= 4 is 23.2 Å². The number of hydrogen-bond donors (Lipinski definition) is 1. The highest BCUT2D eigenvalue weighted by Gasteiger charge is 2.31. The molecule has 1 N–H and O–H groups in total. The molecule has 0 saturated carbocycles. The Hall–Kier alpha value is -1.02. The summed E-state index contributed by atoms with van der Waals surface area (Å²) < 4.78 is 0. The maximum absolute atomic E-state index is 10.3. The largest absolute Gasteiger partial charge is 0.393 e. The van der Waals surface area contributed by atoms with Gasteiger partial charge in [-0.15, -0.1) is 0 Å². The van der Waals surface area contributed by atoms with E-state index in [1.54, 1.807) is 0 Å². The van der Waals surface area contributed by atoms with Crippen molar-refractivity contribution in [2.45, 2.75) is 71.8 Å². The third kappa shape index (κ3) is 5.08. The highest BCUT2D eigenvalue weighted by atomic mass is 35.5. The minimum atomic E-state index is -0.343. The lowest BCUT2D eigenvalue weighted by molar-refractivity contribution is 0.0560. The molecule has 1 unspecified atom stereocenters. The van der Waals surface area contributed by atoms with Gasteiger partial charge in [0.15, 0.2) is 0 Å².